The number of rotatable bonds is 7. The Kier molecular flexibility index (Phi) is 6.34. The molecule has 1 rings (SSSR count). The third-order valence-corrected chi connectivity index (χ3v) is 3.23. The van der Waals surface area contributed by atoms with Gasteiger partial charge >= 0.3 is 0 Å². The van der Waals surface area contributed by atoms with Gasteiger partial charge in [-0.3, -0.25) is 4.99 Å². The van der Waals surface area contributed by atoms with Crippen LogP contribution in [0.5, 0.6) is 0 Å². The summed E-state index contributed by atoms with van der Waals surface area (Å²) < 4.78 is 0. The van der Waals surface area contributed by atoms with Gasteiger partial charge in [0.25, 0.3) is 0 Å². The first kappa shape index (κ1) is 11.1. The Morgan fingerprint density at radius 1 is 1.23 bits per heavy atom. The SMILES string of the molecule is CCCCCCCCC1=NC[CH]S1. The molecule has 0 aromatic heterocycles. The van der Waals surface area contributed by atoms with E-state index in [0.29, 0.717) is 0 Å². The van der Waals surface area contributed by atoms with Crippen LogP contribution >= 0.6 is 11.8 Å². The largest absolute Gasteiger partial charge is 0.282 e. The van der Waals surface area contributed by atoms with Crippen molar-refractivity contribution in [2.45, 2.75) is 51.9 Å². The number of hydrogen-bond acceptors (Lipinski definition) is 2. The first-order valence-electron chi connectivity index (χ1n) is 5.45. The van der Waals surface area contributed by atoms with Crippen LogP contribution in [-0.4, -0.2) is 11.6 Å². The Morgan fingerprint density at radius 2 is 2.00 bits per heavy atom. The van der Waals surface area contributed by atoms with Crippen LogP contribution in [0.25, 0.3) is 0 Å². The molecule has 0 aliphatic carbocycles. The van der Waals surface area contributed by atoms with Gasteiger partial charge < -0.3 is 0 Å². The molecule has 0 aromatic rings. The second-order valence-electron chi connectivity index (χ2n) is 3.54. The zero-order valence-corrected chi connectivity index (χ0v) is 9.41. The fourth-order valence-corrected chi connectivity index (χ4v) is 2.26. The molecule has 1 aliphatic heterocycles. The van der Waals surface area contributed by atoms with Crippen molar-refractivity contribution in [1.29, 1.82) is 0 Å². The van der Waals surface area contributed by atoms with E-state index in [1.165, 1.54) is 50.0 Å². The Morgan fingerprint density at radius 3 is 2.69 bits per heavy atom. The molecule has 0 aromatic carbocycles. The summed E-state index contributed by atoms with van der Waals surface area (Å²) in [5.41, 5.74) is 0. The van der Waals surface area contributed by atoms with E-state index in [0.717, 1.165) is 6.54 Å². The third kappa shape index (κ3) is 5.35. The molecule has 0 atom stereocenters. The lowest BCUT2D eigenvalue weighted by Gasteiger charge is -2.00. The van der Waals surface area contributed by atoms with Crippen LogP contribution in [0.2, 0.25) is 0 Å². The number of nitrogens with zero attached hydrogens (tertiary/aromatic N) is 1. The highest BCUT2D eigenvalue weighted by atomic mass is 32.2. The second-order valence-corrected chi connectivity index (χ2v) is 4.58. The Balaban J connectivity index is 1.83. The van der Waals surface area contributed by atoms with Gasteiger partial charge in [0.15, 0.2) is 0 Å². The van der Waals surface area contributed by atoms with Gasteiger partial charge in [-0.15, -0.1) is 11.8 Å². The zero-order chi connectivity index (χ0) is 9.36. The van der Waals surface area contributed by atoms with E-state index in [-0.39, 0.29) is 0 Å². The number of aliphatic imine (C=N–C) groups is 1. The Bertz CT molecular complexity index is 154. The predicted octanol–water partition coefficient (Wildman–Crippen LogP) is 4.04. The molecule has 75 valence electrons. The average Bonchev–Trinajstić information content (AvgIpc) is 2.63. The number of unbranched alkanes of at least 4 members (excludes halogenated alkanes) is 5. The van der Waals surface area contributed by atoms with Crippen molar-refractivity contribution in [2.75, 3.05) is 6.54 Å². The van der Waals surface area contributed by atoms with Gasteiger partial charge in [0.1, 0.15) is 0 Å². The van der Waals surface area contributed by atoms with Gasteiger partial charge in [-0.25, -0.2) is 0 Å². The molecule has 1 radical (unpaired) electrons. The molecule has 0 amide bonds. The molecular formula is C11H20NS. The van der Waals surface area contributed by atoms with Crippen LogP contribution < -0.4 is 0 Å². The highest BCUT2D eigenvalue weighted by Crippen LogP contribution is 2.20. The molecule has 1 nitrogen and oxygen atoms in total. The molecule has 0 saturated heterocycles. The molecule has 1 heterocycles. The van der Waals surface area contributed by atoms with Gasteiger partial charge in [0.2, 0.25) is 0 Å². The third-order valence-electron chi connectivity index (χ3n) is 2.31. The van der Waals surface area contributed by atoms with Gasteiger partial charge in [0, 0.05) is 5.75 Å². The fraction of sp³-hybridized carbons (Fsp3) is 0.818. The average molecular weight is 198 g/mol. The molecular weight excluding hydrogens is 178 g/mol. The maximum absolute atomic E-state index is 4.39. The van der Waals surface area contributed by atoms with Gasteiger partial charge in [-0.05, 0) is 12.8 Å². The summed E-state index contributed by atoms with van der Waals surface area (Å²) in [5, 5.41) is 1.36. The molecule has 0 saturated carbocycles. The minimum atomic E-state index is 0.940. The standard InChI is InChI=1S/C11H20NS/c1-2-3-4-5-6-7-8-11-12-9-10-13-11/h10H,2-9H2,1H3. The Hall–Kier alpha value is 0.0200. The van der Waals surface area contributed by atoms with Crippen LogP contribution in [0.3, 0.4) is 0 Å². The molecule has 0 bridgehead atoms. The first-order valence-corrected chi connectivity index (χ1v) is 6.33. The van der Waals surface area contributed by atoms with E-state index < -0.39 is 0 Å². The minimum absolute atomic E-state index is 0.940. The first-order chi connectivity index (χ1) is 6.43. The molecule has 0 unspecified atom stereocenters. The lowest BCUT2D eigenvalue weighted by atomic mass is 10.1. The zero-order valence-electron chi connectivity index (χ0n) is 8.59. The summed E-state index contributed by atoms with van der Waals surface area (Å²) in [6.07, 6.45) is 9.52. The van der Waals surface area contributed by atoms with E-state index in [2.05, 4.69) is 17.7 Å². The normalized spacial score (nSPS) is 16.2. The van der Waals surface area contributed by atoms with E-state index in [1.54, 1.807) is 0 Å². The van der Waals surface area contributed by atoms with Crippen LogP contribution in [0.1, 0.15) is 51.9 Å². The van der Waals surface area contributed by atoms with Crippen LogP contribution in [-0.2, 0) is 0 Å². The second kappa shape index (κ2) is 7.43. The van der Waals surface area contributed by atoms with Crippen molar-refractivity contribution < 1.29 is 0 Å². The van der Waals surface area contributed by atoms with E-state index in [9.17, 15) is 0 Å². The summed E-state index contributed by atoms with van der Waals surface area (Å²) in [4.78, 5) is 4.39. The topological polar surface area (TPSA) is 12.4 Å². The minimum Gasteiger partial charge on any atom is -0.282 e. The smallest absolute Gasteiger partial charge is 0.0680 e. The van der Waals surface area contributed by atoms with Crippen molar-refractivity contribution in [2.24, 2.45) is 4.99 Å². The fourth-order valence-electron chi connectivity index (χ4n) is 1.50. The molecule has 0 spiro atoms. The van der Waals surface area contributed by atoms with Crippen molar-refractivity contribution in [3.63, 3.8) is 0 Å². The van der Waals surface area contributed by atoms with Crippen LogP contribution in [0.15, 0.2) is 4.99 Å². The molecule has 2 heteroatoms. The highest BCUT2D eigenvalue weighted by Gasteiger charge is 2.05. The Labute approximate surface area is 86.4 Å². The van der Waals surface area contributed by atoms with Crippen LogP contribution in [0, 0.1) is 5.75 Å². The summed E-state index contributed by atoms with van der Waals surface area (Å²) in [6.45, 7) is 3.20. The lowest BCUT2D eigenvalue weighted by molar-refractivity contribution is 0.616. The molecule has 13 heavy (non-hydrogen) atoms. The summed E-state index contributed by atoms with van der Waals surface area (Å²) in [5.74, 6) is 2.19. The van der Waals surface area contributed by atoms with Crippen molar-refractivity contribution in [3.8, 4) is 0 Å². The predicted molar refractivity (Wildman–Crippen MR) is 62.2 cm³/mol. The molecule has 0 N–H and O–H groups in total. The van der Waals surface area contributed by atoms with Crippen molar-refractivity contribution >= 4 is 16.8 Å². The number of thioether (sulfide) groups is 1. The maximum Gasteiger partial charge on any atom is 0.0680 e. The lowest BCUT2D eigenvalue weighted by Crippen LogP contribution is -1.88. The van der Waals surface area contributed by atoms with Crippen molar-refractivity contribution in [3.05, 3.63) is 5.75 Å². The monoisotopic (exact) mass is 198 g/mol. The summed E-state index contributed by atoms with van der Waals surface area (Å²) in [7, 11) is 0. The van der Waals surface area contributed by atoms with Crippen molar-refractivity contribution in [1.82, 2.24) is 0 Å². The quantitative estimate of drug-likeness (QED) is 0.562. The molecule has 0 fully saturated rings. The van der Waals surface area contributed by atoms with Gasteiger partial charge in [0.05, 0.1) is 11.6 Å². The van der Waals surface area contributed by atoms with Crippen LogP contribution in [0.4, 0.5) is 0 Å². The van der Waals surface area contributed by atoms with E-state index in [1.807, 2.05) is 11.8 Å². The van der Waals surface area contributed by atoms with Gasteiger partial charge in [-0.1, -0.05) is 39.0 Å². The summed E-state index contributed by atoms with van der Waals surface area (Å²) in [6, 6.07) is 0. The van der Waals surface area contributed by atoms with E-state index >= 15 is 0 Å². The summed E-state index contributed by atoms with van der Waals surface area (Å²) >= 11 is 1.84. The number of hydrogen-bond donors (Lipinski definition) is 0. The van der Waals surface area contributed by atoms with E-state index in [4.69, 9.17) is 0 Å². The highest BCUT2D eigenvalue weighted by molar-refractivity contribution is 8.15. The maximum atomic E-state index is 4.39. The molecule has 1 aliphatic rings. The van der Waals surface area contributed by atoms with Gasteiger partial charge in [-0.2, -0.15) is 0 Å².